The minimum atomic E-state index is 0.0959. The van der Waals surface area contributed by atoms with Crippen LogP contribution in [0.1, 0.15) is 16.7 Å². The standard InChI is InChI=1S/C15H13N3S/c1-10-9-13-11-5-2-3-6-12(11)16-15(18(13)17-10)14-7-4-8-19-14/h2-9,15-16H,1H3/t15-/m1/s1. The molecule has 3 nitrogen and oxygen atoms in total. The molecule has 1 N–H and O–H groups in total. The van der Waals surface area contributed by atoms with Gasteiger partial charge in [-0.15, -0.1) is 11.3 Å². The highest BCUT2D eigenvalue weighted by molar-refractivity contribution is 7.10. The molecule has 0 aliphatic carbocycles. The first-order valence-corrected chi connectivity index (χ1v) is 7.16. The van der Waals surface area contributed by atoms with Crippen molar-refractivity contribution in [2.75, 3.05) is 5.32 Å². The number of rotatable bonds is 1. The molecule has 0 bridgehead atoms. The van der Waals surface area contributed by atoms with Crippen molar-refractivity contribution < 1.29 is 0 Å². The van der Waals surface area contributed by atoms with Crippen LogP contribution in [0.3, 0.4) is 0 Å². The average Bonchev–Trinajstić information content (AvgIpc) is 3.06. The van der Waals surface area contributed by atoms with Crippen molar-refractivity contribution in [3.05, 3.63) is 58.4 Å². The summed E-state index contributed by atoms with van der Waals surface area (Å²) in [6, 6.07) is 14.8. The van der Waals surface area contributed by atoms with Gasteiger partial charge in [-0.2, -0.15) is 5.10 Å². The summed E-state index contributed by atoms with van der Waals surface area (Å²) in [5.41, 5.74) is 4.63. The lowest BCUT2D eigenvalue weighted by Gasteiger charge is -2.28. The number of benzene rings is 1. The van der Waals surface area contributed by atoms with Gasteiger partial charge in [0.2, 0.25) is 0 Å². The molecular formula is C15H13N3S. The molecule has 1 aliphatic heterocycles. The molecule has 0 fully saturated rings. The van der Waals surface area contributed by atoms with Crippen LogP contribution >= 0.6 is 11.3 Å². The lowest BCUT2D eigenvalue weighted by Crippen LogP contribution is -2.24. The van der Waals surface area contributed by atoms with E-state index in [1.54, 1.807) is 11.3 Å². The fraction of sp³-hybridized carbons (Fsp3) is 0.133. The average molecular weight is 267 g/mol. The van der Waals surface area contributed by atoms with Crippen molar-refractivity contribution in [2.24, 2.45) is 0 Å². The van der Waals surface area contributed by atoms with Crippen LogP contribution in [0.2, 0.25) is 0 Å². The van der Waals surface area contributed by atoms with Gasteiger partial charge in [0.05, 0.1) is 11.4 Å². The van der Waals surface area contributed by atoms with Gasteiger partial charge in [-0.3, -0.25) is 0 Å². The first-order valence-electron chi connectivity index (χ1n) is 6.28. The molecule has 2 aromatic heterocycles. The first-order chi connectivity index (χ1) is 9.33. The van der Waals surface area contributed by atoms with Crippen molar-refractivity contribution in [3.8, 4) is 11.3 Å². The van der Waals surface area contributed by atoms with E-state index in [0.717, 1.165) is 5.69 Å². The maximum Gasteiger partial charge on any atom is 0.156 e. The van der Waals surface area contributed by atoms with Crippen molar-refractivity contribution in [1.29, 1.82) is 0 Å². The van der Waals surface area contributed by atoms with Crippen LogP contribution in [0.4, 0.5) is 5.69 Å². The Bertz CT molecular complexity index is 728. The van der Waals surface area contributed by atoms with Crippen LogP contribution in [0.25, 0.3) is 11.3 Å². The van der Waals surface area contributed by atoms with Crippen molar-refractivity contribution >= 4 is 17.0 Å². The maximum atomic E-state index is 4.65. The van der Waals surface area contributed by atoms with Crippen LogP contribution in [0, 0.1) is 6.92 Å². The molecule has 1 aromatic carbocycles. The number of hydrogen-bond donors (Lipinski definition) is 1. The number of thiophene rings is 1. The van der Waals surface area contributed by atoms with Gasteiger partial charge < -0.3 is 5.32 Å². The Labute approximate surface area is 115 Å². The molecule has 1 atom stereocenters. The van der Waals surface area contributed by atoms with Crippen molar-refractivity contribution in [3.63, 3.8) is 0 Å². The summed E-state index contributed by atoms with van der Waals surface area (Å²) < 4.78 is 2.09. The van der Waals surface area contributed by atoms with Gasteiger partial charge in [0.1, 0.15) is 0 Å². The molecule has 0 saturated carbocycles. The Morgan fingerprint density at radius 3 is 2.95 bits per heavy atom. The molecule has 0 spiro atoms. The third-order valence-corrected chi connectivity index (χ3v) is 4.34. The smallest absolute Gasteiger partial charge is 0.156 e. The Morgan fingerprint density at radius 1 is 1.21 bits per heavy atom. The van der Waals surface area contributed by atoms with Gasteiger partial charge in [0.15, 0.2) is 6.17 Å². The number of para-hydroxylation sites is 1. The second-order valence-electron chi connectivity index (χ2n) is 4.72. The molecule has 0 unspecified atom stereocenters. The Hall–Kier alpha value is -2.07. The minimum absolute atomic E-state index is 0.0959. The van der Waals surface area contributed by atoms with Gasteiger partial charge in [-0.1, -0.05) is 24.3 Å². The predicted octanol–water partition coefficient (Wildman–Crippen LogP) is 3.89. The number of anilines is 1. The molecule has 19 heavy (non-hydrogen) atoms. The molecular weight excluding hydrogens is 254 g/mol. The largest absolute Gasteiger partial charge is 0.359 e. The third-order valence-electron chi connectivity index (χ3n) is 3.41. The second kappa shape index (κ2) is 3.96. The van der Waals surface area contributed by atoms with E-state index in [1.807, 2.05) is 6.92 Å². The van der Waals surface area contributed by atoms with Crippen molar-refractivity contribution in [2.45, 2.75) is 13.1 Å². The normalized spacial score (nSPS) is 16.6. The van der Waals surface area contributed by atoms with Crippen LogP contribution in [0.5, 0.6) is 0 Å². The number of nitrogens with one attached hydrogen (secondary N) is 1. The predicted molar refractivity (Wildman–Crippen MR) is 78.5 cm³/mol. The van der Waals surface area contributed by atoms with Crippen molar-refractivity contribution in [1.82, 2.24) is 9.78 Å². The molecule has 0 saturated heterocycles. The first kappa shape index (κ1) is 10.8. The second-order valence-corrected chi connectivity index (χ2v) is 5.70. The lowest BCUT2D eigenvalue weighted by molar-refractivity contribution is 0.579. The van der Waals surface area contributed by atoms with E-state index >= 15 is 0 Å². The zero-order valence-corrected chi connectivity index (χ0v) is 11.3. The molecule has 4 rings (SSSR count). The third kappa shape index (κ3) is 1.60. The molecule has 3 heterocycles. The maximum absolute atomic E-state index is 4.65. The van der Waals surface area contributed by atoms with Gasteiger partial charge in [-0.25, -0.2) is 4.68 Å². The summed E-state index contributed by atoms with van der Waals surface area (Å²) >= 11 is 1.75. The van der Waals surface area contributed by atoms with Gasteiger partial charge in [0.25, 0.3) is 0 Å². The zero-order chi connectivity index (χ0) is 12.8. The van der Waals surface area contributed by atoms with Gasteiger partial charge in [-0.05, 0) is 30.5 Å². The molecule has 4 heteroatoms. The van der Waals surface area contributed by atoms with Crippen LogP contribution < -0.4 is 5.32 Å². The van der Waals surface area contributed by atoms with Crippen LogP contribution in [0.15, 0.2) is 47.8 Å². The number of nitrogens with zero attached hydrogens (tertiary/aromatic N) is 2. The molecule has 1 aliphatic rings. The number of aromatic nitrogens is 2. The lowest BCUT2D eigenvalue weighted by atomic mass is 10.1. The van der Waals surface area contributed by atoms with Crippen LogP contribution in [-0.2, 0) is 0 Å². The van der Waals surface area contributed by atoms with Gasteiger partial charge in [0, 0.05) is 16.1 Å². The minimum Gasteiger partial charge on any atom is -0.359 e. The number of aryl methyl sites for hydroxylation is 1. The molecule has 0 radical (unpaired) electrons. The summed E-state index contributed by atoms with van der Waals surface area (Å²) in [6.07, 6.45) is 0.0959. The quantitative estimate of drug-likeness (QED) is 0.725. The monoisotopic (exact) mass is 267 g/mol. The van der Waals surface area contributed by atoms with E-state index in [1.165, 1.54) is 21.8 Å². The van der Waals surface area contributed by atoms with Crippen LogP contribution in [-0.4, -0.2) is 9.78 Å². The number of hydrogen-bond acceptors (Lipinski definition) is 3. The molecule has 94 valence electrons. The highest BCUT2D eigenvalue weighted by atomic mass is 32.1. The highest BCUT2D eigenvalue weighted by Crippen LogP contribution is 2.39. The summed E-state index contributed by atoms with van der Waals surface area (Å²) in [5, 5.41) is 10.3. The zero-order valence-electron chi connectivity index (χ0n) is 10.5. The van der Waals surface area contributed by atoms with E-state index in [4.69, 9.17) is 0 Å². The van der Waals surface area contributed by atoms with E-state index in [0.29, 0.717) is 0 Å². The SMILES string of the molecule is Cc1cc2n(n1)[C@H](c1cccs1)Nc1ccccc1-2. The molecule has 3 aromatic rings. The van der Waals surface area contributed by atoms with E-state index in [-0.39, 0.29) is 6.17 Å². The Balaban J connectivity index is 1.95. The fourth-order valence-corrected chi connectivity index (χ4v) is 3.35. The fourth-order valence-electron chi connectivity index (χ4n) is 2.59. The Morgan fingerprint density at radius 2 is 2.11 bits per heavy atom. The van der Waals surface area contributed by atoms with Gasteiger partial charge >= 0.3 is 0 Å². The van der Waals surface area contributed by atoms with E-state index < -0.39 is 0 Å². The summed E-state index contributed by atoms with van der Waals surface area (Å²) in [7, 11) is 0. The Kier molecular flexibility index (Phi) is 2.26. The summed E-state index contributed by atoms with van der Waals surface area (Å²) in [6.45, 7) is 2.04. The highest BCUT2D eigenvalue weighted by Gasteiger charge is 2.26. The van der Waals surface area contributed by atoms with E-state index in [9.17, 15) is 0 Å². The van der Waals surface area contributed by atoms with E-state index in [2.05, 4.69) is 62.9 Å². The summed E-state index contributed by atoms with van der Waals surface area (Å²) in [5.74, 6) is 0. The molecule has 0 amide bonds. The summed E-state index contributed by atoms with van der Waals surface area (Å²) in [4.78, 5) is 1.28. The topological polar surface area (TPSA) is 29.9 Å². The number of fused-ring (bicyclic) bond motifs is 3.